The Labute approximate surface area is 112 Å². The summed E-state index contributed by atoms with van der Waals surface area (Å²) in [5, 5.41) is 12.0. The van der Waals surface area contributed by atoms with Gasteiger partial charge < -0.3 is 10.1 Å². The second-order valence-electron chi connectivity index (χ2n) is 4.19. The molecule has 1 aromatic rings. The fraction of sp³-hybridized carbons (Fsp3) is 0.429. The molecule has 0 spiro atoms. The molecule has 1 atom stereocenters. The summed E-state index contributed by atoms with van der Waals surface area (Å²) in [4.78, 5) is 11.2. The highest BCUT2D eigenvalue weighted by molar-refractivity contribution is 5.69. The first kappa shape index (κ1) is 15.0. The molecular formula is C14H17FN2O2. The van der Waals surface area contributed by atoms with Crippen LogP contribution in [0.1, 0.15) is 32.3 Å². The van der Waals surface area contributed by atoms with E-state index in [2.05, 4.69) is 5.32 Å². The summed E-state index contributed by atoms with van der Waals surface area (Å²) >= 11 is 0. The Morgan fingerprint density at radius 1 is 1.58 bits per heavy atom. The molecule has 19 heavy (non-hydrogen) atoms. The second-order valence-corrected chi connectivity index (χ2v) is 4.19. The van der Waals surface area contributed by atoms with E-state index < -0.39 is 5.82 Å². The van der Waals surface area contributed by atoms with Crippen molar-refractivity contribution in [3.05, 3.63) is 29.6 Å². The Bertz CT molecular complexity index is 483. The predicted molar refractivity (Wildman–Crippen MR) is 70.1 cm³/mol. The van der Waals surface area contributed by atoms with Crippen molar-refractivity contribution in [1.82, 2.24) is 0 Å². The van der Waals surface area contributed by atoms with E-state index in [0.717, 1.165) is 0 Å². The average Bonchev–Trinajstić information content (AvgIpc) is 2.39. The summed E-state index contributed by atoms with van der Waals surface area (Å²) in [6.45, 7) is 4.03. The number of benzene rings is 1. The fourth-order valence-electron chi connectivity index (χ4n) is 1.64. The lowest BCUT2D eigenvalue weighted by molar-refractivity contribution is -0.143. The second kappa shape index (κ2) is 7.37. The number of hydrogen-bond acceptors (Lipinski definition) is 4. The SMILES string of the molecule is CCOC(=O)CCC(C)Nc1ccc(F)cc1C#N. The summed E-state index contributed by atoms with van der Waals surface area (Å²) in [5.41, 5.74) is 0.822. The number of nitrogens with zero attached hydrogens (tertiary/aromatic N) is 1. The van der Waals surface area contributed by atoms with E-state index in [1.165, 1.54) is 18.2 Å². The van der Waals surface area contributed by atoms with Gasteiger partial charge in [0.2, 0.25) is 0 Å². The largest absolute Gasteiger partial charge is 0.466 e. The van der Waals surface area contributed by atoms with Gasteiger partial charge in [-0.25, -0.2) is 4.39 Å². The highest BCUT2D eigenvalue weighted by Crippen LogP contribution is 2.18. The van der Waals surface area contributed by atoms with Gasteiger partial charge in [-0.2, -0.15) is 5.26 Å². The van der Waals surface area contributed by atoms with Crippen LogP contribution >= 0.6 is 0 Å². The van der Waals surface area contributed by atoms with E-state index >= 15 is 0 Å². The van der Waals surface area contributed by atoms with Crippen molar-refractivity contribution in [2.75, 3.05) is 11.9 Å². The standard InChI is InChI=1S/C14H17FN2O2/c1-3-19-14(18)7-4-10(2)17-13-6-5-12(15)8-11(13)9-16/h5-6,8,10,17H,3-4,7H2,1-2H3. The minimum atomic E-state index is -0.443. The molecule has 4 nitrogen and oxygen atoms in total. The van der Waals surface area contributed by atoms with Gasteiger partial charge in [-0.3, -0.25) is 4.79 Å². The molecule has 1 aromatic carbocycles. The van der Waals surface area contributed by atoms with Crippen LogP contribution in [-0.4, -0.2) is 18.6 Å². The summed E-state index contributed by atoms with van der Waals surface area (Å²) in [5.74, 6) is -0.683. The van der Waals surface area contributed by atoms with E-state index in [4.69, 9.17) is 10.00 Å². The summed E-state index contributed by atoms with van der Waals surface area (Å²) in [6, 6.07) is 5.92. The smallest absolute Gasteiger partial charge is 0.305 e. The van der Waals surface area contributed by atoms with Crippen LogP contribution in [0, 0.1) is 17.1 Å². The van der Waals surface area contributed by atoms with Crippen LogP contribution in [0.15, 0.2) is 18.2 Å². The summed E-state index contributed by atoms with van der Waals surface area (Å²) in [6.07, 6.45) is 0.895. The third-order valence-electron chi connectivity index (χ3n) is 2.59. The Kier molecular flexibility index (Phi) is 5.80. The van der Waals surface area contributed by atoms with Gasteiger partial charge in [0.15, 0.2) is 0 Å². The summed E-state index contributed by atoms with van der Waals surface area (Å²) in [7, 11) is 0. The molecule has 5 heteroatoms. The van der Waals surface area contributed by atoms with Crippen LogP contribution in [0.4, 0.5) is 10.1 Å². The Morgan fingerprint density at radius 3 is 2.95 bits per heavy atom. The molecule has 0 saturated heterocycles. The number of carbonyl (C=O) groups is 1. The molecule has 0 fully saturated rings. The summed E-state index contributed by atoms with van der Waals surface area (Å²) < 4.78 is 17.8. The quantitative estimate of drug-likeness (QED) is 0.802. The van der Waals surface area contributed by atoms with E-state index in [-0.39, 0.29) is 17.6 Å². The molecular weight excluding hydrogens is 247 g/mol. The first-order chi connectivity index (χ1) is 9.06. The van der Waals surface area contributed by atoms with Gasteiger partial charge in [-0.15, -0.1) is 0 Å². The van der Waals surface area contributed by atoms with E-state index in [1.807, 2.05) is 13.0 Å². The third kappa shape index (κ3) is 4.96. The van der Waals surface area contributed by atoms with Crippen molar-refractivity contribution < 1.29 is 13.9 Å². The number of anilines is 1. The minimum absolute atomic E-state index is 0.0121. The van der Waals surface area contributed by atoms with E-state index in [0.29, 0.717) is 25.1 Å². The van der Waals surface area contributed by atoms with Gasteiger partial charge in [0.1, 0.15) is 11.9 Å². The number of nitrogens with one attached hydrogen (secondary N) is 1. The highest BCUT2D eigenvalue weighted by atomic mass is 19.1. The van der Waals surface area contributed by atoms with Gasteiger partial charge in [0.05, 0.1) is 17.9 Å². The lowest BCUT2D eigenvalue weighted by atomic mass is 10.1. The molecule has 1 rings (SSSR count). The molecule has 0 radical (unpaired) electrons. The van der Waals surface area contributed by atoms with Gasteiger partial charge in [-0.1, -0.05) is 0 Å². The van der Waals surface area contributed by atoms with Crippen molar-refractivity contribution in [3.63, 3.8) is 0 Å². The van der Waals surface area contributed by atoms with Crippen LogP contribution in [0.25, 0.3) is 0 Å². The molecule has 0 heterocycles. The maximum Gasteiger partial charge on any atom is 0.305 e. The minimum Gasteiger partial charge on any atom is -0.466 e. The average molecular weight is 264 g/mol. The third-order valence-corrected chi connectivity index (χ3v) is 2.59. The zero-order chi connectivity index (χ0) is 14.3. The number of ether oxygens (including phenoxy) is 1. The monoisotopic (exact) mass is 264 g/mol. The molecule has 0 aliphatic rings. The lowest BCUT2D eigenvalue weighted by Gasteiger charge is -2.15. The first-order valence-corrected chi connectivity index (χ1v) is 6.18. The van der Waals surface area contributed by atoms with Gasteiger partial charge >= 0.3 is 5.97 Å². The van der Waals surface area contributed by atoms with Crippen LogP contribution in [0.5, 0.6) is 0 Å². The van der Waals surface area contributed by atoms with Gasteiger partial charge in [0.25, 0.3) is 0 Å². The van der Waals surface area contributed by atoms with Crippen molar-refractivity contribution in [2.45, 2.75) is 32.7 Å². The normalized spacial score (nSPS) is 11.5. The Hall–Kier alpha value is -2.09. The number of hydrogen-bond donors (Lipinski definition) is 1. The van der Waals surface area contributed by atoms with Crippen molar-refractivity contribution in [1.29, 1.82) is 5.26 Å². The van der Waals surface area contributed by atoms with E-state index in [1.54, 1.807) is 6.92 Å². The molecule has 1 unspecified atom stereocenters. The highest BCUT2D eigenvalue weighted by Gasteiger charge is 2.10. The zero-order valence-electron chi connectivity index (χ0n) is 11.1. The first-order valence-electron chi connectivity index (χ1n) is 6.18. The lowest BCUT2D eigenvalue weighted by Crippen LogP contribution is -2.18. The molecule has 0 saturated carbocycles. The molecule has 0 aliphatic heterocycles. The molecule has 102 valence electrons. The maximum atomic E-state index is 13.0. The van der Waals surface area contributed by atoms with Crippen LogP contribution in [0.2, 0.25) is 0 Å². The molecule has 0 aromatic heterocycles. The van der Waals surface area contributed by atoms with Crippen LogP contribution < -0.4 is 5.32 Å². The molecule has 0 bridgehead atoms. The molecule has 0 aliphatic carbocycles. The Morgan fingerprint density at radius 2 is 2.32 bits per heavy atom. The fourth-order valence-corrected chi connectivity index (χ4v) is 1.64. The van der Waals surface area contributed by atoms with Gasteiger partial charge in [-0.05, 0) is 38.5 Å². The number of carbonyl (C=O) groups excluding carboxylic acids is 1. The number of rotatable bonds is 6. The topological polar surface area (TPSA) is 62.1 Å². The van der Waals surface area contributed by atoms with Gasteiger partial charge in [0, 0.05) is 12.5 Å². The molecule has 1 N–H and O–H groups in total. The number of nitriles is 1. The van der Waals surface area contributed by atoms with Crippen LogP contribution in [0.3, 0.4) is 0 Å². The Balaban J connectivity index is 2.55. The predicted octanol–water partition coefficient (Wildman–Crippen LogP) is 2.84. The van der Waals surface area contributed by atoms with Crippen LogP contribution in [-0.2, 0) is 9.53 Å². The maximum absolute atomic E-state index is 13.0. The number of esters is 1. The van der Waals surface area contributed by atoms with Crippen molar-refractivity contribution in [2.24, 2.45) is 0 Å². The van der Waals surface area contributed by atoms with E-state index in [9.17, 15) is 9.18 Å². The zero-order valence-corrected chi connectivity index (χ0v) is 11.1. The van der Waals surface area contributed by atoms with Crippen molar-refractivity contribution >= 4 is 11.7 Å². The number of halogens is 1. The van der Waals surface area contributed by atoms with Crippen molar-refractivity contribution in [3.8, 4) is 6.07 Å². The molecule has 0 amide bonds.